The van der Waals surface area contributed by atoms with Crippen molar-refractivity contribution in [1.82, 2.24) is 5.32 Å². The molecule has 0 aliphatic carbocycles. The van der Waals surface area contributed by atoms with E-state index in [2.05, 4.69) is 24.4 Å². The number of benzene rings is 1. The number of nitrogens with one attached hydrogen (secondary N) is 1. The molecule has 1 aliphatic heterocycles. The largest absolute Gasteiger partial charge is 0.343 e. The van der Waals surface area contributed by atoms with E-state index in [0.29, 0.717) is 6.42 Å². The Hall–Kier alpha value is -1.64. The SMILES string of the molecule is CCc1cc(C)cc(C)c1C1C(=O)NC(C)(CC)C1=O. The molecule has 20 heavy (non-hydrogen) atoms. The Morgan fingerprint density at radius 2 is 1.85 bits per heavy atom. The van der Waals surface area contributed by atoms with Crippen LogP contribution in [0.25, 0.3) is 0 Å². The van der Waals surface area contributed by atoms with Gasteiger partial charge in [-0.25, -0.2) is 0 Å². The molecule has 3 nitrogen and oxygen atoms in total. The van der Waals surface area contributed by atoms with Crippen LogP contribution in [0, 0.1) is 13.8 Å². The number of amides is 1. The third kappa shape index (κ3) is 2.15. The summed E-state index contributed by atoms with van der Waals surface area (Å²) in [5.41, 5.74) is 3.52. The van der Waals surface area contributed by atoms with Gasteiger partial charge in [-0.2, -0.15) is 0 Å². The Balaban J connectivity index is 2.58. The number of Topliss-reactive ketones (excluding diaryl/α,β-unsaturated/α-hetero) is 1. The molecule has 108 valence electrons. The van der Waals surface area contributed by atoms with Crippen LogP contribution in [0.3, 0.4) is 0 Å². The van der Waals surface area contributed by atoms with E-state index >= 15 is 0 Å². The van der Waals surface area contributed by atoms with E-state index in [-0.39, 0.29) is 11.7 Å². The van der Waals surface area contributed by atoms with E-state index in [9.17, 15) is 9.59 Å². The number of rotatable bonds is 3. The van der Waals surface area contributed by atoms with Gasteiger partial charge in [-0.15, -0.1) is 0 Å². The molecule has 0 saturated carbocycles. The van der Waals surface area contributed by atoms with Crippen LogP contribution < -0.4 is 5.32 Å². The van der Waals surface area contributed by atoms with Crippen LogP contribution in [-0.2, 0) is 16.0 Å². The zero-order valence-corrected chi connectivity index (χ0v) is 13.0. The van der Waals surface area contributed by atoms with Crippen LogP contribution in [0.4, 0.5) is 0 Å². The van der Waals surface area contributed by atoms with E-state index in [4.69, 9.17) is 0 Å². The van der Waals surface area contributed by atoms with Gasteiger partial charge >= 0.3 is 0 Å². The van der Waals surface area contributed by atoms with Crippen molar-refractivity contribution in [3.05, 3.63) is 34.4 Å². The summed E-state index contributed by atoms with van der Waals surface area (Å²) in [5, 5.41) is 2.88. The molecule has 2 rings (SSSR count). The number of aryl methyl sites for hydroxylation is 3. The second-order valence-corrected chi connectivity index (χ2v) is 5.98. The van der Waals surface area contributed by atoms with Crippen molar-refractivity contribution in [3.8, 4) is 0 Å². The summed E-state index contributed by atoms with van der Waals surface area (Å²) >= 11 is 0. The molecular formula is C17H23NO2. The first-order chi connectivity index (χ1) is 9.34. The number of carbonyl (C=O) groups is 2. The van der Waals surface area contributed by atoms with Gasteiger partial charge in [0.2, 0.25) is 5.91 Å². The summed E-state index contributed by atoms with van der Waals surface area (Å²) in [6, 6.07) is 4.14. The van der Waals surface area contributed by atoms with Crippen molar-refractivity contribution >= 4 is 11.7 Å². The zero-order chi connectivity index (χ0) is 15.1. The fraction of sp³-hybridized carbons (Fsp3) is 0.529. The molecule has 1 aromatic carbocycles. The van der Waals surface area contributed by atoms with Gasteiger partial charge in [0.25, 0.3) is 0 Å². The molecule has 1 amide bonds. The maximum Gasteiger partial charge on any atom is 0.235 e. The standard InChI is InChI=1S/C17H23NO2/c1-6-12-9-10(3)8-11(4)13(12)14-15(19)17(5,7-2)18-16(14)20/h8-9,14H,6-7H2,1-5H3,(H,18,20). The summed E-state index contributed by atoms with van der Waals surface area (Å²) in [6.07, 6.45) is 1.46. The highest BCUT2D eigenvalue weighted by atomic mass is 16.2. The van der Waals surface area contributed by atoms with Gasteiger partial charge in [-0.1, -0.05) is 31.5 Å². The van der Waals surface area contributed by atoms with Crippen LogP contribution in [0.15, 0.2) is 12.1 Å². The van der Waals surface area contributed by atoms with E-state index in [1.807, 2.05) is 27.7 Å². The van der Waals surface area contributed by atoms with Crippen LogP contribution in [-0.4, -0.2) is 17.2 Å². The molecule has 2 atom stereocenters. The first kappa shape index (κ1) is 14.8. The topological polar surface area (TPSA) is 46.2 Å². The summed E-state index contributed by atoms with van der Waals surface area (Å²) in [5.74, 6) is -0.789. The number of hydrogen-bond acceptors (Lipinski definition) is 2. The quantitative estimate of drug-likeness (QED) is 0.861. The molecular weight excluding hydrogens is 250 g/mol. The minimum absolute atomic E-state index is 0.00616. The number of hydrogen-bond donors (Lipinski definition) is 1. The average molecular weight is 273 g/mol. The van der Waals surface area contributed by atoms with Gasteiger partial charge in [0.05, 0.1) is 5.54 Å². The van der Waals surface area contributed by atoms with Crippen molar-refractivity contribution in [2.45, 2.75) is 58.9 Å². The summed E-state index contributed by atoms with van der Waals surface area (Å²) in [4.78, 5) is 25.0. The summed E-state index contributed by atoms with van der Waals surface area (Å²) in [7, 11) is 0. The highest BCUT2D eigenvalue weighted by molar-refractivity contribution is 6.17. The van der Waals surface area contributed by atoms with Crippen molar-refractivity contribution in [1.29, 1.82) is 0 Å². The molecule has 1 saturated heterocycles. The Kier molecular flexibility index (Phi) is 3.72. The molecule has 0 radical (unpaired) electrons. The predicted molar refractivity (Wildman–Crippen MR) is 79.9 cm³/mol. The monoisotopic (exact) mass is 273 g/mol. The highest BCUT2D eigenvalue weighted by Crippen LogP contribution is 2.35. The lowest BCUT2D eigenvalue weighted by molar-refractivity contribution is -0.125. The number of ketones is 1. The molecule has 0 aromatic heterocycles. The second kappa shape index (κ2) is 5.04. The van der Waals surface area contributed by atoms with Gasteiger partial charge in [0, 0.05) is 0 Å². The van der Waals surface area contributed by atoms with Crippen LogP contribution in [0.1, 0.15) is 55.4 Å². The molecule has 0 spiro atoms. The van der Waals surface area contributed by atoms with Gasteiger partial charge in [0.15, 0.2) is 5.78 Å². The van der Waals surface area contributed by atoms with Crippen molar-refractivity contribution in [2.24, 2.45) is 0 Å². The highest BCUT2D eigenvalue weighted by Gasteiger charge is 2.49. The Morgan fingerprint density at radius 1 is 1.20 bits per heavy atom. The first-order valence-corrected chi connectivity index (χ1v) is 7.30. The van der Waals surface area contributed by atoms with Gasteiger partial charge < -0.3 is 5.32 Å². The minimum Gasteiger partial charge on any atom is -0.343 e. The van der Waals surface area contributed by atoms with E-state index in [0.717, 1.165) is 23.1 Å². The predicted octanol–water partition coefficient (Wildman–Crippen LogP) is 2.82. The van der Waals surface area contributed by atoms with Crippen LogP contribution in [0.2, 0.25) is 0 Å². The molecule has 3 heteroatoms. The number of carbonyl (C=O) groups excluding carboxylic acids is 2. The van der Waals surface area contributed by atoms with E-state index in [1.165, 1.54) is 5.56 Å². The maximum absolute atomic E-state index is 12.7. The minimum atomic E-state index is -0.718. The fourth-order valence-corrected chi connectivity index (χ4v) is 3.14. The van der Waals surface area contributed by atoms with Crippen LogP contribution >= 0.6 is 0 Å². The van der Waals surface area contributed by atoms with Crippen molar-refractivity contribution in [3.63, 3.8) is 0 Å². The average Bonchev–Trinajstić information content (AvgIpc) is 2.61. The molecule has 1 aliphatic rings. The molecule has 1 aromatic rings. The lowest BCUT2D eigenvalue weighted by Gasteiger charge is -2.21. The molecule has 1 N–H and O–H groups in total. The molecule has 1 heterocycles. The van der Waals surface area contributed by atoms with E-state index in [1.54, 1.807) is 0 Å². The third-order valence-electron chi connectivity index (χ3n) is 4.46. The normalized spacial score (nSPS) is 25.9. The van der Waals surface area contributed by atoms with Crippen LogP contribution in [0.5, 0.6) is 0 Å². The van der Waals surface area contributed by atoms with Crippen molar-refractivity contribution < 1.29 is 9.59 Å². The van der Waals surface area contributed by atoms with Crippen molar-refractivity contribution in [2.75, 3.05) is 0 Å². The Labute approximate surface area is 120 Å². The van der Waals surface area contributed by atoms with Gasteiger partial charge in [-0.05, 0) is 50.3 Å². The lowest BCUT2D eigenvalue weighted by atomic mass is 9.82. The Bertz CT molecular complexity index is 577. The molecule has 2 unspecified atom stereocenters. The Morgan fingerprint density at radius 3 is 2.35 bits per heavy atom. The van der Waals surface area contributed by atoms with E-state index < -0.39 is 11.5 Å². The van der Waals surface area contributed by atoms with Gasteiger partial charge in [-0.3, -0.25) is 9.59 Å². The molecule has 1 fully saturated rings. The second-order valence-electron chi connectivity index (χ2n) is 5.98. The van der Waals surface area contributed by atoms with Gasteiger partial charge in [0.1, 0.15) is 5.92 Å². The summed E-state index contributed by atoms with van der Waals surface area (Å²) < 4.78 is 0. The summed E-state index contributed by atoms with van der Waals surface area (Å²) in [6.45, 7) is 9.85. The third-order valence-corrected chi connectivity index (χ3v) is 4.46. The molecule has 0 bridgehead atoms. The zero-order valence-electron chi connectivity index (χ0n) is 13.0. The maximum atomic E-state index is 12.7. The first-order valence-electron chi connectivity index (χ1n) is 7.30. The lowest BCUT2D eigenvalue weighted by Crippen LogP contribution is -2.42. The fourth-order valence-electron chi connectivity index (χ4n) is 3.14. The smallest absolute Gasteiger partial charge is 0.235 e.